The average molecular weight is 359 g/mol. The van der Waals surface area contributed by atoms with Crippen LogP contribution in [0.1, 0.15) is 0 Å². The lowest BCUT2D eigenvalue weighted by molar-refractivity contribution is -0.595. The first-order valence-corrected chi connectivity index (χ1v) is 7.71. The highest BCUT2D eigenvalue weighted by Crippen LogP contribution is 2.29. The molecule has 0 aliphatic heterocycles. The first-order valence-electron chi connectivity index (χ1n) is 6.96. The molecule has 0 N–H and O–H groups in total. The molecule has 24 heavy (non-hydrogen) atoms. The summed E-state index contributed by atoms with van der Waals surface area (Å²) in [7, 11) is 0. The maximum absolute atomic E-state index is 12.3. The van der Waals surface area contributed by atoms with E-state index in [0.717, 1.165) is 6.20 Å². The normalized spacial score (nSPS) is 11.2. The predicted molar refractivity (Wildman–Crippen MR) is 92.2 cm³/mol. The van der Waals surface area contributed by atoms with Crippen LogP contribution >= 0.6 is 23.2 Å². The number of hydrogen-bond acceptors (Lipinski definition) is 4. The summed E-state index contributed by atoms with van der Waals surface area (Å²) in [6.45, 7) is 0. The maximum atomic E-state index is 12.3. The molecule has 0 saturated heterocycles. The van der Waals surface area contributed by atoms with Crippen LogP contribution < -0.4 is 10.4 Å². The zero-order valence-corrected chi connectivity index (χ0v) is 13.5. The van der Waals surface area contributed by atoms with E-state index in [-0.39, 0.29) is 11.2 Å². The van der Waals surface area contributed by atoms with Crippen molar-refractivity contribution in [3.8, 4) is 11.4 Å². The van der Waals surface area contributed by atoms with Gasteiger partial charge in [0.05, 0.1) is 16.0 Å². The number of fused-ring (bicyclic) bond motifs is 3. The Morgan fingerprint density at radius 2 is 1.88 bits per heavy atom. The van der Waals surface area contributed by atoms with Crippen LogP contribution in [0.3, 0.4) is 0 Å². The van der Waals surface area contributed by atoms with Gasteiger partial charge in [-0.25, -0.2) is 9.52 Å². The maximum Gasteiger partial charge on any atom is 0.351 e. The van der Waals surface area contributed by atoms with E-state index in [2.05, 4.69) is 4.98 Å². The average Bonchev–Trinajstić information content (AvgIpc) is 2.55. The highest BCUT2D eigenvalue weighted by Gasteiger charge is 2.21. The standard InChI is InChI=1S/C17H8Cl2N2O3/c18-9-5-6-10(13(19)7-9)16-20-15-11-3-1-2-4-14(11)24-17(22)12(15)8-21(16)23/h1-8H. The molecule has 0 bridgehead atoms. The number of benzene rings is 2. The SMILES string of the molecule is O=c1oc2ccccc2c2nc(-c3ccc(Cl)cc3Cl)[n+]([O-])cc12. The molecule has 5 nitrogen and oxygen atoms in total. The Morgan fingerprint density at radius 1 is 1.08 bits per heavy atom. The van der Waals surface area contributed by atoms with Crippen molar-refractivity contribution in [1.29, 1.82) is 0 Å². The molecule has 4 aromatic rings. The summed E-state index contributed by atoms with van der Waals surface area (Å²) in [6, 6.07) is 11.8. The van der Waals surface area contributed by atoms with Crippen molar-refractivity contribution in [3.05, 3.63) is 74.3 Å². The third-order valence-corrected chi connectivity index (χ3v) is 4.21. The summed E-state index contributed by atoms with van der Waals surface area (Å²) in [5.41, 5.74) is 0.596. The van der Waals surface area contributed by atoms with Gasteiger partial charge in [0.15, 0.2) is 5.39 Å². The molecular weight excluding hydrogens is 351 g/mol. The molecular formula is C17H8Cl2N2O3. The summed E-state index contributed by atoms with van der Waals surface area (Å²) in [4.78, 5) is 16.5. The molecule has 2 aromatic heterocycles. The van der Waals surface area contributed by atoms with Gasteiger partial charge in [-0.15, -0.1) is 0 Å². The molecule has 0 amide bonds. The van der Waals surface area contributed by atoms with Crippen LogP contribution in [0.2, 0.25) is 10.0 Å². The Labute approximate surface area is 145 Å². The van der Waals surface area contributed by atoms with Crippen LogP contribution in [0.25, 0.3) is 33.3 Å². The van der Waals surface area contributed by atoms with Crippen LogP contribution in [-0.2, 0) is 0 Å². The number of halogens is 2. The smallest absolute Gasteiger partial charge is 0.351 e. The number of para-hydroxylation sites is 1. The minimum absolute atomic E-state index is 0.0833. The Bertz CT molecular complexity index is 1170. The molecule has 0 fully saturated rings. The molecule has 0 atom stereocenters. The van der Waals surface area contributed by atoms with Crippen molar-refractivity contribution in [2.45, 2.75) is 0 Å². The molecule has 2 heterocycles. The molecule has 0 saturated carbocycles. The largest absolute Gasteiger partial charge is 0.710 e. The van der Waals surface area contributed by atoms with E-state index in [1.807, 2.05) is 0 Å². The van der Waals surface area contributed by atoms with Gasteiger partial charge in [0, 0.05) is 5.02 Å². The topological polar surface area (TPSA) is 70.0 Å². The van der Waals surface area contributed by atoms with E-state index in [1.54, 1.807) is 36.4 Å². The molecule has 4 rings (SSSR count). The van der Waals surface area contributed by atoms with Crippen molar-refractivity contribution >= 4 is 45.1 Å². The van der Waals surface area contributed by atoms with Crippen molar-refractivity contribution in [2.24, 2.45) is 0 Å². The van der Waals surface area contributed by atoms with Gasteiger partial charge in [-0.1, -0.05) is 35.3 Å². The predicted octanol–water partition coefficient (Wildman–Crippen LogP) is 3.95. The first-order chi connectivity index (χ1) is 11.5. The Kier molecular flexibility index (Phi) is 3.40. The molecule has 0 spiro atoms. The molecule has 118 valence electrons. The van der Waals surface area contributed by atoms with Gasteiger partial charge in [0.1, 0.15) is 11.8 Å². The minimum Gasteiger partial charge on any atom is -0.710 e. The van der Waals surface area contributed by atoms with Crippen molar-refractivity contribution in [3.63, 3.8) is 0 Å². The summed E-state index contributed by atoms with van der Waals surface area (Å²) in [5, 5.41) is 13.8. The lowest BCUT2D eigenvalue weighted by Gasteiger charge is -2.08. The number of rotatable bonds is 1. The number of nitrogens with zero attached hydrogens (tertiary/aromatic N) is 2. The lowest BCUT2D eigenvalue weighted by Crippen LogP contribution is -2.31. The molecule has 0 unspecified atom stereocenters. The Hall–Kier alpha value is -2.63. The summed E-state index contributed by atoms with van der Waals surface area (Å²) < 4.78 is 5.73. The third-order valence-electron chi connectivity index (χ3n) is 3.66. The van der Waals surface area contributed by atoms with E-state index in [9.17, 15) is 10.0 Å². The fourth-order valence-corrected chi connectivity index (χ4v) is 3.06. The second kappa shape index (κ2) is 5.47. The van der Waals surface area contributed by atoms with Crippen molar-refractivity contribution < 1.29 is 9.15 Å². The minimum atomic E-state index is -0.616. The van der Waals surface area contributed by atoms with Crippen LogP contribution in [0.4, 0.5) is 0 Å². The number of hydrogen-bond donors (Lipinski definition) is 0. The fraction of sp³-hybridized carbons (Fsp3) is 0. The van der Waals surface area contributed by atoms with E-state index in [0.29, 0.717) is 36.8 Å². The van der Waals surface area contributed by atoms with E-state index < -0.39 is 5.63 Å². The van der Waals surface area contributed by atoms with Crippen LogP contribution in [0, 0.1) is 5.21 Å². The highest BCUT2D eigenvalue weighted by molar-refractivity contribution is 6.36. The quantitative estimate of drug-likeness (QED) is 0.223. The number of aromatic nitrogens is 2. The molecule has 0 aliphatic rings. The second-order valence-electron chi connectivity index (χ2n) is 5.16. The lowest BCUT2D eigenvalue weighted by atomic mass is 10.1. The van der Waals surface area contributed by atoms with Gasteiger partial charge in [0.25, 0.3) is 0 Å². The van der Waals surface area contributed by atoms with Gasteiger partial charge in [0.2, 0.25) is 5.52 Å². The van der Waals surface area contributed by atoms with Gasteiger partial charge < -0.3 is 9.62 Å². The van der Waals surface area contributed by atoms with E-state index >= 15 is 0 Å². The van der Waals surface area contributed by atoms with Crippen molar-refractivity contribution in [1.82, 2.24) is 4.98 Å². The second-order valence-corrected chi connectivity index (χ2v) is 6.01. The van der Waals surface area contributed by atoms with Gasteiger partial charge in [-0.3, -0.25) is 0 Å². The van der Waals surface area contributed by atoms with Crippen LogP contribution in [-0.4, -0.2) is 4.98 Å². The summed E-state index contributed by atoms with van der Waals surface area (Å²) >= 11 is 12.1. The van der Waals surface area contributed by atoms with E-state index in [4.69, 9.17) is 27.6 Å². The molecule has 2 aromatic carbocycles. The monoisotopic (exact) mass is 358 g/mol. The van der Waals surface area contributed by atoms with Gasteiger partial charge in [-0.2, -0.15) is 0 Å². The summed E-state index contributed by atoms with van der Waals surface area (Å²) in [6.07, 6.45) is 1.15. The van der Waals surface area contributed by atoms with Crippen LogP contribution in [0.15, 0.2) is 57.9 Å². The summed E-state index contributed by atoms with van der Waals surface area (Å²) in [5.74, 6) is 0.0833. The van der Waals surface area contributed by atoms with Crippen LogP contribution in [0.5, 0.6) is 0 Å². The molecule has 0 radical (unpaired) electrons. The fourth-order valence-electron chi connectivity index (χ4n) is 2.57. The molecule has 0 aliphatic carbocycles. The molecule has 7 heteroatoms. The Morgan fingerprint density at radius 3 is 2.67 bits per heavy atom. The zero-order chi connectivity index (χ0) is 16.8. The van der Waals surface area contributed by atoms with Gasteiger partial charge in [-0.05, 0) is 35.3 Å². The highest BCUT2D eigenvalue weighted by atomic mass is 35.5. The zero-order valence-electron chi connectivity index (χ0n) is 12.0. The van der Waals surface area contributed by atoms with E-state index in [1.165, 1.54) is 6.07 Å². The van der Waals surface area contributed by atoms with Gasteiger partial charge >= 0.3 is 11.4 Å². The first kappa shape index (κ1) is 14.9. The third kappa shape index (κ3) is 2.29. The van der Waals surface area contributed by atoms with Crippen molar-refractivity contribution in [2.75, 3.05) is 0 Å². The Balaban J connectivity index is 2.13.